The van der Waals surface area contributed by atoms with Crippen LogP contribution in [0.5, 0.6) is 0 Å². The molecule has 2 rings (SSSR count). The van der Waals surface area contributed by atoms with Gasteiger partial charge in [-0.15, -0.1) is 11.3 Å². The molecular formula is C18H23NOS. The van der Waals surface area contributed by atoms with E-state index in [2.05, 4.69) is 50.2 Å². The SMILES string of the molecule is Cc1cc(C)c(C(=O)Cc2nc(C(C)(C)C)cs2)c(C)c1. The maximum absolute atomic E-state index is 12.6. The van der Waals surface area contributed by atoms with E-state index in [-0.39, 0.29) is 11.2 Å². The van der Waals surface area contributed by atoms with Gasteiger partial charge in [0.25, 0.3) is 0 Å². The van der Waals surface area contributed by atoms with Crippen LogP contribution in [-0.2, 0) is 11.8 Å². The largest absolute Gasteiger partial charge is 0.294 e. The van der Waals surface area contributed by atoms with Gasteiger partial charge in [-0.1, -0.05) is 38.5 Å². The van der Waals surface area contributed by atoms with Crippen LogP contribution in [0.25, 0.3) is 0 Å². The van der Waals surface area contributed by atoms with Gasteiger partial charge in [0.15, 0.2) is 5.78 Å². The quantitative estimate of drug-likeness (QED) is 0.763. The van der Waals surface area contributed by atoms with Crippen LogP contribution in [0.1, 0.15) is 58.5 Å². The molecule has 0 atom stereocenters. The van der Waals surface area contributed by atoms with Crippen molar-refractivity contribution in [2.24, 2.45) is 0 Å². The standard InChI is InChI=1S/C18H23NOS/c1-11-7-12(2)17(13(3)8-11)14(20)9-16-19-15(10-21-16)18(4,5)6/h7-8,10H,9H2,1-6H3. The zero-order chi connectivity index (χ0) is 15.8. The molecule has 0 bridgehead atoms. The Labute approximate surface area is 131 Å². The Bertz CT molecular complexity index is 654. The van der Waals surface area contributed by atoms with Crippen molar-refractivity contribution in [3.8, 4) is 0 Å². The molecule has 2 aromatic rings. The molecule has 0 fully saturated rings. The summed E-state index contributed by atoms with van der Waals surface area (Å²) >= 11 is 1.58. The van der Waals surface area contributed by atoms with Crippen molar-refractivity contribution < 1.29 is 4.79 Å². The fraction of sp³-hybridized carbons (Fsp3) is 0.444. The van der Waals surface area contributed by atoms with E-state index >= 15 is 0 Å². The maximum atomic E-state index is 12.6. The van der Waals surface area contributed by atoms with Gasteiger partial charge in [0.2, 0.25) is 0 Å². The predicted molar refractivity (Wildman–Crippen MR) is 89.5 cm³/mol. The van der Waals surface area contributed by atoms with Crippen LogP contribution >= 0.6 is 11.3 Å². The van der Waals surface area contributed by atoms with Gasteiger partial charge in [0.1, 0.15) is 5.01 Å². The number of hydrogen-bond acceptors (Lipinski definition) is 3. The van der Waals surface area contributed by atoms with E-state index in [0.717, 1.165) is 27.4 Å². The van der Waals surface area contributed by atoms with Gasteiger partial charge in [0.05, 0.1) is 12.1 Å². The van der Waals surface area contributed by atoms with E-state index < -0.39 is 0 Å². The normalized spacial score (nSPS) is 11.7. The first-order valence-corrected chi connectivity index (χ1v) is 8.12. The maximum Gasteiger partial charge on any atom is 0.170 e. The van der Waals surface area contributed by atoms with Crippen LogP contribution in [0.2, 0.25) is 0 Å². The molecule has 2 nitrogen and oxygen atoms in total. The Kier molecular flexibility index (Phi) is 4.33. The summed E-state index contributed by atoms with van der Waals surface area (Å²) in [6.45, 7) is 12.5. The Hall–Kier alpha value is -1.48. The number of thiazole rings is 1. The van der Waals surface area contributed by atoms with Gasteiger partial charge < -0.3 is 0 Å². The topological polar surface area (TPSA) is 30.0 Å². The molecule has 0 saturated carbocycles. The van der Waals surface area contributed by atoms with Gasteiger partial charge in [0, 0.05) is 16.4 Å². The van der Waals surface area contributed by atoms with E-state index in [0.29, 0.717) is 6.42 Å². The van der Waals surface area contributed by atoms with Crippen molar-refractivity contribution in [3.05, 3.63) is 50.5 Å². The number of nitrogens with zero attached hydrogens (tertiary/aromatic N) is 1. The minimum atomic E-state index is 0.0352. The second-order valence-electron chi connectivity index (χ2n) is 6.75. The molecule has 3 heteroatoms. The molecule has 0 amide bonds. The van der Waals surface area contributed by atoms with E-state index in [9.17, 15) is 4.79 Å². The summed E-state index contributed by atoms with van der Waals surface area (Å²) in [6, 6.07) is 4.14. The van der Waals surface area contributed by atoms with E-state index in [1.807, 2.05) is 13.8 Å². The molecule has 1 aromatic carbocycles. The smallest absolute Gasteiger partial charge is 0.170 e. The fourth-order valence-corrected chi connectivity index (χ4v) is 3.60. The average molecular weight is 301 g/mol. The molecule has 0 N–H and O–H groups in total. The zero-order valence-electron chi connectivity index (χ0n) is 13.7. The molecule has 0 aliphatic rings. The lowest BCUT2D eigenvalue weighted by atomic mass is 9.93. The molecule has 0 aliphatic carbocycles. The Morgan fingerprint density at radius 1 is 1.14 bits per heavy atom. The van der Waals surface area contributed by atoms with Gasteiger partial charge in [-0.3, -0.25) is 4.79 Å². The Morgan fingerprint density at radius 2 is 1.71 bits per heavy atom. The molecule has 0 radical (unpaired) electrons. The predicted octanol–water partition coefficient (Wildman–Crippen LogP) is 4.79. The number of carbonyl (C=O) groups is 1. The lowest BCUT2D eigenvalue weighted by Gasteiger charge is -2.14. The summed E-state index contributed by atoms with van der Waals surface area (Å²) in [5.41, 5.74) is 5.27. The number of hydrogen-bond donors (Lipinski definition) is 0. The number of benzene rings is 1. The number of aromatic nitrogens is 1. The van der Waals surface area contributed by atoms with Crippen molar-refractivity contribution in [1.82, 2.24) is 4.98 Å². The number of carbonyl (C=O) groups excluding carboxylic acids is 1. The first-order chi connectivity index (χ1) is 9.68. The van der Waals surface area contributed by atoms with Crippen LogP contribution in [0, 0.1) is 20.8 Å². The number of rotatable bonds is 3. The van der Waals surface area contributed by atoms with Crippen molar-refractivity contribution in [2.45, 2.75) is 53.4 Å². The molecule has 21 heavy (non-hydrogen) atoms. The summed E-state index contributed by atoms with van der Waals surface area (Å²) in [5.74, 6) is 0.166. The Balaban J connectivity index is 2.25. The van der Waals surface area contributed by atoms with Crippen LogP contribution in [0.15, 0.2) is 17.5 Å². The Morgan fingerprint density at radius 3 is 2.19 bits per heavy atom. The van der Waals surface area contributed by atoms with Crippen molar-refractivity contribution in [2.75, 3.05) is 0 Å². The van der Waals surface area contributed by atoms with Gasteiger partial charge in [-0.2, -0.15) is 0 Å². The van der Waals surface area contributed by atoms with E-state index in [1.54, 1.807) is 11.3 Å². The first-order valence-electron chi connectivity index (χ1n) is 7.24. The summed E-state index contributed by atoms with van der Waals surface area (Å²) < 4.78 is 0. The van der Waals surface area contributed by atoms with E-state index in [4.69, 9.17) is 0 Å². The third kappa shape index (κ3) is 3.59. The highest BCUT2D eigenvalue weighted by Gasteiger charge is 2.20. The van der Waals surface area contributed by atoms with Crippen molar-refractivity contribution >= 4 is 17.1 Å². The lowest BCUT2D eigenvalue weighted by molar-refractivity contribution is 0.0991. The molecule has 112 valence electrons. The summed E-state index contributed by atoms with van der Waals surface area (Å²) in [7, 11) is 0. The van der Waals surface area contributed by atoms with Crippen LogP contribution in [-0.4, -0.2) is 10.8 Å². The zero-order valence-corrected chi connectivity index (χ0v) is 14.5. The third-order valence-corrected chi connectivity index (χ3v) is 4.44. The second kappa shape index (κ2) is 5.72. The fourth-order valence-electron chi connectivity index (χ4n) is 2.58. The molecule has 1 aromatic heterocycles. The third-order valence-electron chi connectivity index (χ3n) is 3.59. The number of ketones is 1. The molecule has 0 aliphatic heterocycles. The molecule has 0 saturated heterocycles. The molecule has 0 unspecified atom stereocenters. The summed E-state index contributed by atoms with van der Waals surface area (Å²) in [5, 5.41) is 2.97. The first kappa shape index (κ1) is 15.9. The van der Waals surface area contributed by atoms with Crippen molar-refractivity contribution in [3.63, 3.8) is 0 Å². The van der Waals surface area contributed by atoms with Crippen LogP contribution < -0.4 is 0 Å². The van der Waals surface area contributed by atoms with Gasteiger partial charge in [-0.25, -0.2) is 4.98 Å². The summed E-state index contributed by atoms with van der Waals surface area (Å²) in [6.07, 6.45) is 0.394. The molecular weight excluding hydrogens is 278 g/mol. The highest BCUT2D eigenvalue weighted by molar-refractivity contribution is 7.09. The van der Waals surface area contributed by atoms with Crippen LogP contribution in [0.4, 0.5) is 0 Å². The second-order valence-corrected chi connectivity index (χ2v) is 7.69. The summed E-state index contributed by atoms with van der Waals surface area (Å²) in [4.78, 5) is 17.2. The van der Waals surface area contributed by atoms with Gasteiger partial charge in [-0.05, 0) is 31.9 Å². The number of aryl methyl sites for hydroxylation is 3. The van der Waals surface area contributed by atoms with Gasteiger partial charge >= 0.3 is 0 Å². The minimum absolute atomic E-state index is 0.0352. The average Bonchev–Trinajstić information content (AvgIpc) is 2.75. The number of Topliss-reactive ketones (excluding diaryl/α,β-unsaturated/α-hetero) is 1. The molecule has 0 spiro atoms. The van der Waals surface area contributed by atoms with E-state index in [1.165, 1.54) is 5.56 Å². The highest BCUT2D eigenvalue weighted by atomic mass is 32.1. The van der Waals surface area contributed by atoms with Crippen molar-refractivity contribution in [1.29, 1.82) is 0 Å². The lowest BCUT2D eigenvalue weighted by Crippen LogP contribution is -2.12. The minimum Gasteiger partial charge on any atom is -0.294 e. The highest BCUT2D eigenvalue weighted by Crippen LogP contribution is 2.25. The molecule has 1 heterocycles. The monoisotopic (exact) mass is 301 g/mol. The van der Waals surface area contributed by atoms with Crippen LogP contribution in [0.3, 0.4) is 0 Å².